The number of nitrogens with zero attached hydrogens (tertiary/aromatic N) is 4. The SMILES string of the molecule is Cc1cccc(CC(=O)NCCNc2cc(-n3nc(C)cc3C)ncn2)c1. The van der Waals surface area contributed by atoms with E-state index in [9.17, 15) is 4.79 Å². The van der Waals surface area contributed by atoms with E-state index in [1.807, 2.05) is 57.2 Å². The van der Waals surface area contributed by atoms with Crippen molar-refractivity contribution in [1.82, 2.24) is 25.1 Å². The summed E-state index contributed by atoms with van der Waals surface area (Å²) in [4.78, 5) is 20.5. The largest absolute Gasteiger partial charge is 0.368 e. The number of amides is 1. The lowest BCUT2D eigenvalue weighted by Crippen LogP contribution is -2.30. The molecule has 0 saturated carbocycles. The highest BCUT2D eigenvalue weighted by molar-refractivity contribution is 5.78. The molecule has 0 atom stereocenters. The Balaban J connectivity index is 1.48. The van der Waals surface area contributed by atoms with Gasteiger partial charge in [0.05, 0.1) is 12.1 Å². The van der Waals surface area contributed by atoms with Crippen molar-refractivity contribution in [1.29, 1.82) is 0 Å². The van der Waals surface area contributed by atoms with Gasteiger partial charge in [-0.15, -0.1) is 0 Å². The summed E-state index contributed by atoms with van der Waals surface area (Å²) in [6, 6.07) is 11.8. The van der Waals surface area contributed by atoms with E-state index < -0.39 is 0 Å². The van der Waals surface area contributed by atoms with Crippen LogP contribution in [0.25, 0.3) is 5.82 Å². The number of anilines is 1. The first-order valence-electron chi connectivity index (χ1n) is 8.93. The number of nitrogens with one attached hydrogen (secondary N) is 2. The van der Waals surface area contributed by atoms with E-state index in [1.54, 1.807) is 4.68 Å². The van der Waals surface area contributed by atoms with Gasteiger partial charge >= 0.3 is 0 Å². The second-order valence-electron chi connectivity index (χ2n) is 6.54. The predicted octanol–water partition coefficient (Wildman–Crippen LogP) is 2.36. The van der Waals surface area contributed by atoms with Crippen LogP contribution >= 0.6 is 0 Å². The van der Waals surface area contributed by atoms with Gasteiger partial charge in [-0.05, 0) is 32.4 Å². The maximum atomic E-state index is 12.0. The molecule has 0 aliphatic rings. The van der Waals surface area contributed by atoms with E-state index in [4.69, 9.17) is 0 Å². The highest BCUT2D eigenvalue weighted by Crippen LogP contribution is 2.12. The summed E-state index contributed by atoms with van der Waals surface area (Å²) in [5, 5.41) is 10.5. The van der Waals surface area contributed by atoms with Crippen molar-refractivity contribution in [3.05, 3.63) is 65.2 Å². The molecule has 0 saturated heterocycles. The van der Waals surface area contributed by atoms with Crippen LogP contribution in [0.5, 0.6) is 0 Å². The number of carbonyl (C=O) groups excluding carboxylic acids is 1. The average Bonchev–Trinajstić information content (AvgIpc) is 2.97. The molecule has 27 heavy (non-hydrogen) atoms. The van der Waals surface area contributed by atoms with Crippen LogP contribution in [-0.4, -0.2) is 38.7 Å². The van der Waals surface area contributed by atoms with Crippen molar-refractivity contribution in [3.8, 4) is 5.82 Å². The van der Waals surface area contributed by atoms with Crippen LogP contribution in [0.15, 0.2) is 42.7 Å². The lowest BCUT2D eigenvalue weighted by Gasteiger charge is -2.09. The maximum absolute atomic E-state index is 12.0. The summed E-state index contributed by atoms with van der Waals surface area (Å²) >= 11 is 0. The highest BCUT2D eigenvalue weighted by atomic mass is 16.1. The molecule has 2 heterocycles. The quantitative estimate of drug-likeness (QED) is 0.629. The van der Waals surface area contributed by atoms with Crippen LogP contribution in [0.4, 0.5) is 5.82 Å². The third kappa shape index (κ3) is 5.13. The fraction of sp³-hybridized carbons (Fsp3) is 0.300. The first kappa shape index (κ1) is 18.6. The van der Waals surface area contributed by atoms with Crippen LogP contribution in [-0.2, 0) is 11.2 Å². The molecular weight excluding hydrogens is 340 g/mol. The lowest BCUT2D eigenvalue weighted by molar-refractivity contribution is -0.120. The van der Waals surface area contributed by atoms with Crippen molar-refractivity contribution in [2.24, 2.45) is 0 Å². The Morgan fingerprint density at radius 3 is 2.67 bits per heavy atom. The molecule has 3 rings (SSSR count). The molecule has 3 aromatic rings. The van der Waals surface area contributed by atoms with Crippen LogP contribution in [0.1, 0.15) is 22.5 Å². The zero-order valence-corrected chi connectivity index (χ0v) is 15.9. The molecule has 7 nitrogen and oxygen atoms in total. The van der Waals surface area contributed by atoms with Gasteiger partial charge in [-0.25, -0.2) is 14.6 Å². The minimum absolute atomic E-state index is 0.00779. The molecule has 0 bridgehead atoms. The van der Waals surface area contributed by atoms with Crippen LogP contribution in [0.2, 0.25) is 0 Å². The van der Waals surface area contributed by atoms with Crippen LogP contribution in [0, 0.1) is 20.8 Å². The van der Waals surface area contributed by atoms with Gasteiger partial charge in [0.2, 0.25) is 5.91 Å². The third-order valence-electron chi connectivity index (χ3n) is 4.08. The van der Waals surface area contributed by atoms with Crippen molar-refractivity contribution in [2.45, 2.75) is 27.2 Å². The minimum Gasteiger partial charge on any atom is -0.368 e. The van der Waals surface area contributed by atoms with Gasteiger partial charge in [0, 0.05) is 24.8 Å². The van der Waals surface area contributed by atoms with Gasteiger partial charge in [0.15, 0.2) is 5.82 Å². The summed E-state index contributed by atoms with van der Waals surface area (Å²) in [5.41, 5.74) is 4.13. The number of aryl methyl sites for hydroxylation is 3. The molecule has 0 spiro atoms. The Bertz CT molecular complexity index is 934. The molecule has 0 radical (unpaired) electrons. The van der Waals surface area contributed by atoms with Crippen molar-refractivity contribution in [3.63, 3.8) is 0 Å². The monoisotopic (exact) mass is 364 g/mol. The van der Waals surface area contributed by atoms with E-state index in [1.165, 1.54) is 6.33 Å². The molecule has 1 amide bonds. The number of aromatic nitrogens is 4. The van der Waals surface area contributed by atoms with Gasteiger partial charge in [0.1, 0.15) is 12.1 Å². The topological polar surface area (TPSA) is 84.7 Å². The Kier molecular flexibility index (Phi) is 5.80. The van der Waals surface area contributed by atoms with E-state index in [-0.39, 0.29) is 5.91 Å². The molecule has 0 fully saturated rings. The smallest absolute Gasteiger partial charge is 0.224 e. The predicted molar refractivity (Wildman–Crippen MR) is 105 cm³/mol. The normalized spacial score (nSPS) is 10.6. The molecule has 2 aromatic heterocycles. The fourth-order valence-electron chi connectivity index (χ4n) is 2.88. The van der Waals surface area contributed by atoms with Gasteiger partial charge in [-0.2, -0.15) is 5.10 Å². The zero-order valence-electron chi connectivity index (χ0n) is 15.9. The summed E-state index contributed by atoms with van der Waals surface area (Å²) in [5.74, 6) is 1.41. The Hall–Kier alpha value is -3.22. The molecule has 0 aliphatic heterocycles. The summed E-state index contributed by atoms with van der Waals surface area (Å²) in [7, 11) is 0. The van der Waals surface area contributed by atoms with Crippen molar-refractivity contribution in [2.75, 3.05) is 18.4 Å². The molecule has 0 aliphatic carbocycles. The molecule has 7 heteroatoms. The Labute approximate surface area is 158 Å². The molecule has 140 valence electrons. The van der Waals surface area contributed by atoms with Crippen LogP contribution in [0.3, 0.4) is 0 Å². The van der Waals surface area contributed by atoms with Crippen molar-refractivity contribution < 1.29 is 4.79 Å². The number of carbonyl (C=O) groups is 1. The average molecular weight is 364 g/mol. The number of hydrogen-bond acceptors (Lipinski definition) is 5. The zero-order chi connectivity index (χ0) is 19.2. The summed E-state index contributed by atoms with van der Waals surface area (Å²) in [6.07, 6.45) is 1.89. The lowest BCUT2D eigenvalue weighted by atomic mass is 10.1. The van der Waals surface area contributed by atoms with Gasteiger partial charge in [0.25, 0.3) is 0 Å². The summed E-state index contributed by atoms with van der Waals surface area (Å²) in [6.45, 7) is 7.05. The van der Waals surface area contributed by atoms with Gasteiger partial charge in [-0.1, -0.05) is 29.8 Å². The van der Waals surface area contributed by atoms with Crippen LogP contribution < -0.4 is 10.6 Å². The van der Waals surface area contributed by atoms with Gasteiger partial charge < -0.3 is 10.6 Å². The molecular formula is C20H24N6O. The third-order valence-corrected chi connectivity index (χ3v) is 4.08. The Morgan fingerprint density at radius 2 is 1.93 bits per heavy atom. The number of benzene rings is 1. The van der Waals surface area contributed by atoms with Gasteiger partial charge in [-0.3, -0.25) is 4.79 Å². The number of rotatable bonds is 7. The maximum Gasteiger partial charge on any atom is 0.224 e. The fourth-order valence-corrected chi connectivity index (χ4v) is 2.88. The summed E-state index contributed by atoms with van der Waals surface area (Å²) < 4.78 is 1.78. The molecule has 1 aromatic carbocycles. The first-order valence-corrected chi connectivity index (χ1v) is 8.93. The number of hydrogen-bond donors (Lipinski definition) is 2. The second-order valence-corrected chi connectivity index (χ2v) is 6.54. The van der Waals surface area contributed by atoms with E-state index in [2.05, 4.69) is 25.7 Å². The van der Waals surface area contributed by atoms with E-state index in [0.29, 0.717) is 31.1 Å². The minimum atomic E-state index is 0.00779. The second kappa shape index (κ2) is 8.44. The highest BCUT2D eigenvalue weighted by Gasteiger charge is 2.07. The van der Waals surface area contributed by atoms with E-state index in [0.717, 1.165) is 22.5 Å². The molecule has 2 N–H and O–H groups in total. The molecule has 0 unspecified atom stereocenters. The first-order chi connectivity index (χ1) is 13.0. The van der Waals surface area contributed by atoms with E-state index >= 15 is 0 Å². The standard InChI is InChI=1S/C20H24N6O/c1-14-5-4-6-17(9-14)11-20(27)22-8-7-21-18-12-19(24-13-23-18)26-16(3)10-15(2)25-26/h4-6,9-10,12-13H,7-8,11H2,1-3H3,(H,22,27)(H,21,23,24). The Morgan fingerprint density at radius 1 is 1.07 bits per heavy atom. The van der Waals surface area contributed by atoms with Crippen molar-refractivity contribution >= 4 is 11.7 Å².